The van der Waals surface area contributed by atoms with Gasteiger partial charge in [0.1, 0.15) is 0 Å². The topological polar surface area (TPSA) is 114 Å². The molecule has 3 rings (SSSR count). The number of hydrogen-bond donors (Lipinski definition) is 1. The van der Waals surface area contributed by atoms with Gasteiger partial charge in [-0.25, -0.2) is 0 Å². The molecule has 4 atom stereocenters. The van der Waals surface area contributed by atoms with Gasteiger partial charge >= 0.3 is 0 Å². The maximum atomic E-state index is 9.93. The minimum Gasteiger partial charge on any atom is -0.447 e. The van der Waals surface area contributed by atoms with Gasteiger partial charge in [0.2, 0.25) is 11.7 Å². The molecule has 2 aliphatic heterocycles. The summed E-state index contributed by atoms with van der Waals surface area (Å²) in [5.41, 5.74) is -3.20. The molecule has 6 heteroatoms. The van der Waals surface area contributed by atoms with Crippen molar-refractivity contribution in [3.63, 3.8) is 0 Å². The van der Waals surface area contributed by atoms with Crippen molar-refractivity contribution >= 4 is 5.90 Å². The van der Waals surface area contributed by atoms with E-state index in [1.54, 1.807) is 0 Å². The molecule has 0 unspecified atom stereocenters. The van der Waals surface area contributed by atoms with Gasteiger partial charge in [-0.05, 0) is 19.3 Å². The third-order valence-corrected chi connectivity index (χ3v) is 5.48. The van der Waals surface area contributed by atoms with E-state index in [-0.39, 0.29) is 5.90 Å². The fraction of sp³-hybridized carbons (Fsp3) is 0.750. The van der Waals surface area contributed by atoms with Crippen LogP contribution in [-0.2, 0) is 9.47 Å². The van der Waals surface area contributed by atoms with E-state index in [1.165, 1.54) is 0 Å². The van der Waals surface area contributed by atoms with Crippen LogP contribution in [0, 0.1) is 56.2 Å². The Balaban J connectivity index is 2.26. The predicted octanol–water partition coefficient (Wildman–Crippen LogP) is 2.62. The van der Waals surface area contributed by atoms with Crippen LogP contribution in [0.4, 0.5) is 0 Å². The molecule has 22 heavy (non-hydrogen) atoms. The highest BCUT2D eigenvalue weighted by molar-refractivity contribution is 5.89. The van der Waals surface area contributed by atoms with E-state index in [9.17, 15) is 15.8 Å². The molecular weight excluding hydrogens is 280 g/mol. The van der Waals surface area contributed by atoms with E-state index in [2.05, 4.69) is 18.2 Å². The summed E-state index contributed by atoms with van der Waals surface area (Å²) in [4.78, 5) is 0. The lowest BCUT2D eigenvalue weighted by atomic mass is 9.52. The number of hydrogen-bond acceptors (Lipinski definition) is 6. The van der Waals surface area contributed by atoms with Crippen molar-refractivity contribution in [2.75, 3.05) is 0 Å². The largest absolute Gasteiger partial charge is 0.447 e. The fourth-order valence-electron chi connectivity index (χ4n) is 4.50. The molecule has 0 amide bonds. The summed E-state index contributed by atoms with van der Waals surface area (Å²) in [7, 11) is 0. The first-order valence-electron chi connectivity index (χ1n) is 7.76. The Hall–Kier alpha value is -2.10. The SMILES string of the molecule is CCC[C@@H]1O[C@@]23CCCC[C@@H]2[C@@](C#N)(C(=N)O3)C1(C#N)C#N. The molecule has 114 valence electrons. The van der Waals surface area contributed by atoms with E-state index < -0.39 is 28.6 Å². The van der Waals surface area contributed by atoms with Gasteiger partial charge in [0, 0.05) is 6.42 Å². The highest BCUT2D eigenvalue weighted by Gasteiger charge is 2.79. The van der Waals surface area contributed by atoms with Crippen LogP contribution in [0.1, 0.15) is 45.4 Å². The van der Waals surface area contributed by atoms with Crippen molar-refractivity contribution in [3.8, 4) is 18.2 Å². The molecule has 0 aromatic heterocycles. The number of nitrogens with zero attached hydrogens (tertiary/aromatic N) is 3. The van der Waals surface area contributed by atoms with Gasteiger partial charge in [-0.15, -0.1) is 0 Å². The molecule has 0 aromatic carbocycles. The Morgan fingerprint density at radius 1 is 1.23 bits per heavy atom. The maximum Gasteiger partial charge on any atom is 0.217 e. The molecule has 2 saturated heterocycles. The molecule has 0 spiro atoms. The first-order valence-corrected chi connectivity index (χ1v) is 7.76. The van der Waals surface area contributed by atoms with Crippen LogP contribution in [0.5, 0.6) is 0 Å². The molecule has 1 N–H and O–H groups in total. The molecule has 3 fully saturated rings. The Labute approximate surface area is 129 Å². The highest BCUT2D eigenvalue weighted by Crippen LogP contribution is 2.66. The summed E-state index contributed by atoms with van der Waals surface area (Å²) in [5, 5.41) is 37.8. The van der Waals surface area contributed by atoms with Crippen LogP contribution < -0.4 is 0 Å². The summed E-state index contributed by atoms with van der Waals surface area (Å²) in [6.07, 6.45) is 3.55. The predicted molar refractivity (Wildman–Crippen MR) is 75.0 cm³/mol. The average molecular weight is 298 g/mol. The summed E-state index contributed by atoms with van der Waals surface area (Å²) in [6, 6.07) is 6.26. The Kier molecular flexibility index (Phi) is 3.17. The van der Waals surface area contributed by atoms with Gasteiger partial charge in [-0.1, -0.05) is 19.8 Å². The van der Waals surface area contributed by atoms with Crippen molar-refractivity contribution in [1.82, 2.24) is 0 Å². The lowest BCUT2D eigenvalue weighted by molar-refractivity contribution is -0.292. The van der Waals surface area contributed by atoms with Gasteiger partial charge in [-0.3, -0.25) is 5.41 Å². The summed E-state index contributed by atoms with van der Waals surface area (Å²) in [5.74, 6) is -1.68. The zero-order valence-corrected chi connectivity index (χ0v) is 12.6. The van der Waals surface area contributed by atoms with E-state index in [0.29, 0.717) is 19.3 Å². The van der Waals surface area contributed by atoms with Crippen LogP contribution in [0.15, 0.2) is 0 Å². The van der Waals surface area contributed by atoms with Gasteiger partial charge in [0.15, 0.2) is 10.8 Å². The van der Waals surface area contributed by atoms with E-state index in [1.807, 2.05) is 6.92 Å². The fourth-order valence-corrected chi connectivity index (χ4v) is 4.50. The van der Waals surface area contributed by atoms with Crippen LogP contribution in [-0.4, -0.2) is 17.8 Å². The molecule has 1 aliphatic carbocycles. The van der Waals surface area contributed by atoms with Crippen LogP contribution in [0.25, 0.3) is 0 Å². The lowest BCUT2D eigenvalue weighted by Crippen LogP contribution is -2.63. The van der Waals surface area contributed by atoms with Gasteiger partial charge in [0.05, 0.1) is 30.2 Å². The van der Waals surface area contributed by atoms with Gasteiger partial charge < -0.3 is 9.47 Å². The highest BCUT2D eigenvalue weighted by atomic mass is 16.7. The monoisotopic (exact) mass is 298 g/mol. The van der Waals surface area contributed by atoms with Crippen molar-refractivity contribution in [1.29, 1.82) is 21.2 Å². The van der Waals surface area contributed by atoms with Crippen LogP contribution >= 0.6 is 0 Å². The molecule has 0 aromatic rings. The van der Waals surface area contributed by atoms with Crippen LogP contribution in [0.3, 0.4) is 0 Å². The third kappa shape index (κ3) is 1.38. The van der Waals surface area contributed by atoms with Crippen molar-refractivity contribution in [3.05, 3.63) is 0 Å². The second kappa shape index (κ2) is 4.70. The normalized spacial score (nSPS) is 41.5. The number of nitriles is 3. The average Bonchev–Trinajstić information content (AvgIpc) is 2.74. The first-order chi connectivity index (χ1) is 10.6. The molecule has 6 nitrogen and oxygen atoms in total. The number of rotatable bonds is 2. The van der Waals surface area contributed by atoms with Gasteiger partial charge in [-0.2, -0.15) is 15.8 Å². The lowest BCUT2D eigenvalue weighted by Gasteiger charge is -2.51. The quantitative estimate of drug-likeness (QED) is 0.841. The molecule has 2 heterocycles. The second-order valence-electron chi connectivity index (χ2n) is 6.39. The first kappa shape index (κ1) is 14.8. The van der Waals surface area contributed by atoms with E-state index in [4.69, 9.17) is 14.9 Å². The summed E-state index contributed by atoms with van der Waals surface area (Å²) in [6.45, 7) is 1.95. The van der Waals surface area contributed by atoms with Gasteiger partial charge in [0.25, 0.3) is 0 Å². The molecule has 2 bridgehead atoms. The number of ether oxygens (including phenoxy) is 2. The summed E-state index contributed by atoms with van der Waals surface area (Å²) >= 11 is 0. The van der Waals surface area contributed by atoms with Crippen molar-refractivity contribution < 1.29 is 9.47 Å². The van der Waals surface area contributed by atoms with Crippen molar-refractivity contribution in [2.24, 2.45) is 16.7 Å². The maximum absolute atomic E-state index is 9.93. The van der Waals surface area contributed by atoms with Crippen LogP contribution in [0.2, 0.25) is 0 Å². The third-order valence-electron chi connectivity index (χ3n) is 5.48. The number of nitrogens with one attached hydrogen (secondary N) is 1. The van der Waals surface area contributed by atoms with E-state index >= 15 is 0 Å². The summed E-state index contributed by atoms with van der Waals surface area (Å²) < 4.78 is 11.9. The second-order valence-corrected chi connectivity index (χ2v) is 6.39. The molecule has 3 aliphatic rings. The Morgan fingerprint density at radius 2 is 1.95 bits per heavy atom. The van der Waals surface area contributed by atoms with Crippen molar-refractivity contribution in [2.45, 2.75) is 57.3 Å². The molecular formula is C16H18N4O2. The minimum atomic E-state index is -1.68. The zero-order valence-electron chi connectivity index (χ0n) is 12.6. The molecule has 0 radical (unpaired) electrons. The standard InChI is InChI=1S/C16H18N4O2/c1-2-5-12-14(8-17,9-18)15(10-19)11-6-3-4-7-16(11,21-12)22-13(15)20/h11-12,20H,2-7H2,1H3/t11-,12+,15+,16-/m1/s1. The Bertz CT molecular complexity index is 626. The minimum absolute atomic E-state index is 0.261. The zero-order chi connectivity index (χ0) is 16.0. The Morgan fingerprint density at radius 3 is 2.55 bits per heavy atom. The smallest absolute Gasteiger partial charge is 0.217 e. The van der Waals surface area contributed by atoms with E-state index in [0.717, 1.165) is 19.3 Å². The molecule has 1 saturated carbocycles.